The van der Waals surface area contributed by atoms with Crippen LogP contribution in [0.1, 0.15) is 38.9 Å². The van der Waals surface area contributed by atoms with Crippen LogP contribution in [-0.4, -0.2) is 16.0 Å². The molecule has 1 saturated carbocycles. The Morgan fingerprint density at radius 2 is 2.38 bits per heavy atom. The van der Waals surface area contributed by atoms with Crippen molar-refractivity contribution in [3.8, 4) is 0 Å². The lowest BCUT2D eigenvalue weighted by atomic mass is 9.80. The quantitative estimate of drug-likeness (QED) is 0.816. The summed E-state index contributed by atoms with van der Waals surface area (Å²) in [7, 11) is 0. The van der Waals surface area contributed by atoms with Crippen molar-refractivity contribution in [3.05, 3.63) is 22.2 Å². The Hall–Kier alpha value is -1.32. The van der Waals surface area contributed by atoms with E-state index in [1.807, 2.05) is 6.92 Å². The number of aryl methyl sites for hydroxylation is 1. The summed E-state index contributed by atoms with van der Waals surface area (Å²) in [6, 6.07) is 1.95. The maximum Gasteiger partial charge on any atom is 0.252 e. The Morgan fingerprint density at radius 3 is 2.94 bits per heavy atom. The van der Waals surface area contributed by atoms with Gasteiger partial charge in [0.15, 0.2) is 0 Å². The lowest BCUT2D eigenvalue weighted by Gasteiger charge is -2.32. The molecule has 0 aromatic carbocycles. The average molecular weight is 221 g/mol. The van der Waals surface area contributed by atoms with E-state index < -0.39 is 0 Å². The fourth-order valence-corrected chi connectivity index (χ4v) is 2.04. The summed E-state index contributed by atoms with van der Waals surface area (Å²) < 4.78 is 0. The second kappa shape index (κ2) is 4.68. The number of aromatic nitrogens is 2. The van der Waals surface area contributed by atoms with Crippen LogP contribution in [0.4, 0.5) is 5.82 Å². The summed E-state index contributed by atoms with van der Waals surface area (Å²) in [5.74, 6) is 2.20. The van der Waals surface area contributed by atoms with E-state index in [0.717, 1.165) is 18.2 Å². The molecule has 1 aromatic rings. The Labute approximate surface area is 95.5 Å². The van der Waals surface area contributed by atoms with Crippen LogP contribution in [0.5, 0.6) is 0 Å². The second-order valence-corrected chi connectivity index (χ2v) is 4.55. The van der Waals surface area contributed by atoms with E-state index in [4.69, 9.17) is 0 Å². The minimum atomic E-state index is -0.0739. The zero-order valence-electron chi connectivity index (χ0n) is 9.92. The fraction of sp³-hybridized carbons (Fsp3) is 0.667. The summed E-state index contributed by atoms with van der Waals surface area (Å²) >= 11 is 0. The SMILES string of the molecule is CCc1nc(NC(C)C2CCC2)cc(=O)[nH]1. The number of H-pyrrole nitrogens is 1. The van der Waals surface area contributed by atoms with Crippen LogP contribution in [0.3, 0.4) is 0 Å². The van der Waals surface area contributed by atoms with Crippen LogP contribution in [0.25, 0.3) is 0 Å². The van der Waals surface area contributed by atoms with Crippen LogP contribution in [-0.2, 0) is 6.42 Å². The van der Waals surface area contributed by atoms with E-state index in [0.29, 0.717) is 11.9 Å². The van der Waals surface area contributed by atoms with E-state index >= 15 is 0 Å². The Balaban J connectivity index is 2.07. The van der Waals surface area contributed by atoms with E-state index in [-0.39, 0.29) is 5.56 Å². The van der Waals surface area contributed by atoms with E-state index in [1.54, 1.807) is 0 Å². The molecule has 0 bridgehead atoms. The highest BCUT2D eigenvalue weighted by molar-refractivity contribution is 5.34. The zero-order chi connectivity index (χ0) is 11.5. The summed E-state index contributed by atoms with van der Waals surface area (Å²) in [5, 5.41) is 3.33. The third-order valence-corrected chi connectivity index (χ3v) is 3.36. The monoisotopic (exact) mass is 221 g/mol. The molecule has 0 aliphatic heterocycles. The Kier molecular flexibility index (Phi) is 3.27. The normalized spacial score (nSPS) is 17.9. The maximum atomic E-state index is 11.4. The van der Waals surface area contributed by atoms with Crippen molar-refractivity contribution in [1.82, 2.24) is 9.97 Å². The first-order valence-electron chi connectivity index (χ1n) is 6.06. The molecule has 1 aliphatic carbocycles. The molecule has 0 amide bonds. The molecule has 0 spiro atoms. The maximum absolute atomic E-state index is 11.4. The number of anilines is 1. The van der Waals surface area contributed by atoms with Crippen molar-refractivity contribution in [3.63, 3.8) is 0 Å². The fourth-order valence-electron chi connectivity index (χ4n) is 2.04. The van der Waals surface area contributed by atoms with Gasteiger partial charge >= 0.3 is 0 Å². The van der Waals surface area contributed by atoms with Gasteiger partial charge in [0.2, 0.25) is 0 Å². The molecular formula is C12H19N3O. The lowest BCUT2D eigenvalue weighted by molar-refractivity contribution is 0.285. The number of rotatable bonds is 4. The van der Waals surface area contributed by atoms with Crippen LogP contribution in [0, 0.1) is 5.92 Å². The molecule has 0 radical (unpaired) electrons. The molecule has 4 nitrogen and oxygen atoms in total. The molecule has 1 heterocycles. The molecule has 1 aliphatic rings. The first kappa shape index (κ1) is 11.2. The minimum absolute atomic E-state index is 0.0739. The van der Waals surface area contributed by atoms with Gasteiger partial charge in [0.05, 0.1) is 0 Å². The van der Waals surface area contributed by atoms with E-state index in [1.165, 1.54) is 25.3 Å². The van der Waals surface area contributed by atoms with Crippen molar-refractivity contribution in [1.29, 1.82) is 0 Å². The molecule has 1 aromatic heterocycles. The molecule has 16 heavy (non-hydrogen) atoms. The molecule has 0 saturated heterocycles. The standard InChI is InChI=1S/C12H19N3O/c1-3-10-14-11(7-12(16)15-10)13-8(2)9-5-4-6-9/h7-9H,3-6H2,1-2H3,(H2,13,14,15,16). The molecule has 4 heteroatoms. The largest absolute Gasteiger partial charge is 0.367 e. The molecule has 2 N–H and O–H groups in total. The van der Waals surface area contributed by atoms with Crippen molar-refractivity contribution >= 4 is 5.82 Å². The first-order chi connectivity index (χ1) is 7.69. The third kappa shape index (κ3) is 2.43. The van der Waals surface area contributed by atoms with Gasteiger partial charge in [-0.3, -0.25) is 4.79 Å². The summed E-state index contributed by atoms with van der Waals surface area (Å²) in [6.45, 7) is 4.15. The average Bonchev–Trinajstić information content (AvgIpc) is 2.13. The predicted molar refractivity (Wildman–Crippen MR) is 64.7 cm³/mol. The van der Waals surface area contributed by atoms with Crippen LogP contribution >= 0.6 is 0 Å². The number of hydrogen-bond donors (Lipinski definition) is 2. The summed E-state index contributed by atoms with van der Waals surface area (Å²) in [6.07, 6.45) is 4.66. The molecule has 88 valence electrons. The molecule has 2 rings (SSSR count). The topological polar surface area (TPSA) is 57.8 Å². The molecule has 1 unspecified atom stereocenters. The van der Waals surface area contributed by atoms with Crippen LogP contribution in [0.15, 0.2) is 10.9 Å². The first-order valence-corrected chi connectivity index (χ1v) is 6.06. The van der Waals surface area contributed by atoms with Crippen molar-refractivity contribution in [2.75, 3.05) is 5.32 Å². The predicted octanol–water partition coefficient (Wildman–Crippen LogP) is 1.93. The van der Waals surface area contributed by atoms with Gasteiger partial charge < -0.3 is 10.3 Å². The van der Waals surface area contributed by atoms with Gasteiger partial charge in [-0.2, -0.15) is 0 Å². The highest BCUT2D eigenvalue weighted by Crippen LogP contribution is 2.30. The highest BCUT2D eigenvalue weighted by atomic mass is 16.1. The smallest absolute Gasteiger partial charge is 0.252 e. The van der Waals surface area contributed by atoms with Crippen molar-refractivity contribution in [2.45, 2.75) is 45.6 Å². The van der Waals surface area contributed by atoms with Gasteiger partial charge in [-0.25, -0.2) is 4.98 Å². The summed E-state index contributed by atoms with van der Waals surface area (Å²) in [4.78, 5) is 18.5. The van der Waals surface area contributed by atoms with Gasteiger partial charge in [-0.05, 0) is 25.7 Å². The summed E-state index contributed by atoms with van der Waals surface area (Å²) in [5.41, 5.74) is -0.0739. The minimum Gasteiger partial charge on any atom is -0.367 e. The third-order valence-electron chi connectivity index (χ3n) is 3.36. The number of hydrogen-bond acceptors (Lipinski definition) is 3. The van der Waals surface area contributed by atoms with Gasteiger partial charge in [0.25, 0.3) is 5.56 Å². The van der Waals surface area contributed by atoms with Gasteiger partial charge in [0.1, 0.15) is 11.6 Å². The number of nitrogens with zero attached hydrogens (tertiary/aromatic N) is 1. The zero-order valence-corrected chi connectivity index (χ0v) is 9.92. The Morgan fingerprint density at radius 1 is 1.62 bits per heavy atom. The van der Waals surface area contributed by atoms with E-state index in [2.05, 4.69) is 22.2 Å². The second-order valence-electron chi connectivity index (χ2n) is 4.55. The van der Waals surface area contributed by atoms with Gasteiger partial charge in [0, 0.05) is 18.5 Å². The van der Waals surface area contributed by atoms with Crippen LogP contribution < -0.4 is 10.9 Å². The van der Waals surface area contributed by atoms with Gasteiger partial charge in [-0.1, -0.05) is 13.3 Å². The lowest BCUT2D eigenvalue weighted by Crippen LogP contribution is -2.31. The Bertz CT molecular complexity index is 409. The number of aromatic amines is 1. The van der Waals surface area contributed by atoms with Gasteiger partial charge in [-0.15, -0.1) is 0 Å². The van der Waals surface area contributed by atoms with Crippen molar-refractivity contribution < 1.29 is 0 Å². The molecule has 1 fully saturated rings. The van der Waals surface area contributed by atoms with Crippen molar-refractivity contribution in [2.24, 2.45) is 5.92 Å². The van der Waals surface area contributed by atoms with E-state index in [9.17, 15) is 4.79 Å². The van der Waals surface area contributed by atoms with Crippen LogP contribution in [0.2, 0.25) is 0 Å². The highest BCUT2D eigenvalue weighted by Gasteiger charge is 2.23. The number of nitrogens with one attached hydrogen (secondary N) is 2. The molecule has 1 atom stereocenters. The molecular weight excluding hydrogens is 202 g/mol.